The standard InChI is InChI=1S/C17H25N3O5S/c21-10-9-19-5-7-20(8-6-19)26(23,24)16-3-1-2-14(12-16)17(22)18-15-4-11-25-13-15/h1-3,12,15,21H,4-11,13H2,(H,18,22)/t15-/m0/s1. The van der Waals surface area contributed by atoms with Gasteiger partial charge in [0.2, 0.25) is 10.0 Å². The Kier molecular flexibility index (Phi) is 6.25. The first-order valence-electron chi connectivity index (χ1n) is 8.83. The summed E-state index contributed by atoms with van der Waals surface area (Å²) >= 11 is 0. The van der Waals surface area contributed by atoms with E-state index in [0.717, 1.165) is 6.42 Å². The van der Waals surface area contributed by atoms with Crippen molar-refractivity contribution >= 4 is 15.9 Å². The summed E-state index contributed by atoms with van der Waals surface area (Å²) in [6.07, 6.45) is 0.766. The highest BCUT2D eigenvalue weighted by Gasteiger charge is 2.29. The van der Waals surface area contributed by atoms with E-state index in [-0.39, 0.29) is 23.5 Å². The number of aliphatic hydroxyl groups excluding tert-OH is 1. The van der Waals surface area contributed by atoms with Gasteiger partial charge in [0, 0.05) is 44.9 Å². The summed E-state index contributed by atoms with van der Waals surface area (Å²) in [5, 5.41) is 11.9. The van der Waals surface area contributed by atoms with Gasteiger partial charge in [0.25, 0.3) is 5.91 Å². The number of carbonyl (C=O) groups is 1. The Hall–Kier alpha value is -1.52. The fourth-order valence-corrected chi connectivity index (χ4v) is 4.67. The second kappa shape index (κ2) is 8.45. The molecule has 1 aromatic rings. The van der Waals surface area contributed by atoms with Crippen molar-refractivity contribution in [3.63, 3.8) is 0 Å². The van der Waals surface area contributed by atoms with E-state index in [9.17, 15) is 13.2 Å². The normalized spacial score (nSPS) is 22.4. The van der Waals surface area contributed by atoms with Crippen LogP contribution >= 0.6 is 0 Å². The number of piperazine rings is 1. The topological polar surface area (TPSA) is 99.2 Å². The molecule has 1 aromatic carbocycles. The third-order valence-corrected chi connectivity index (χ3v) is 6.64. The molecule has 0 unspecified atom stereocenters. The number of nitrogens with one attached hydrogen (secondary N) is 1. The average Bonchev–Trinajstić information content (AvgIpc) is 3.15. The van der Waals surface area contributed by atoms with Crippen molar-refractivity contribution in [1.82, 2.24) is 14.5 Å². The maximum absolute atomic E-state index is 12.9. The molecule has 9 heteroatoms. The molecule has 1 atom stereocenters. The number of aliphatic hydroxyl groups is 1. The lowest BCUT2D eigenvalue weighted by Crippen LogP contribution is -2.49. The first kappa shape index (κ1) is 19.2. The predicted octanol–water partition coefficient (Wildman–Crippen LogP) is -0.496. The second-order valence-electron chi connectivity index (χ2n) is 6.53. The molecule has 1 amide bonds. The quantitative estimate of drug-likeness (QED) is 0.687. The average molecular weight is 383 g/mol. The molecule has 2 saturated heterocycles. The highest BCUT2D eigenvalue weighted by Crippen LogP contribution is 2.19. The minimum absolute atomic E-state index is 0.0256. The zero-order valence-electron chi connectivity index (χ0n) is 14.6. The van der Waals surface area contributed by atoms with Crippen LogP contribution in [0.2, 0.25) is 0 Å². The molecule has 0 aromatic heterocycles. The van der Waals surface area contributed by atoms with Crippen LogP contribution in [0.5, 0.6) is 0 Å². The smallest absolute Gasteiger partial charge is 0.251 e. The van der Waals surface area contributed by atoms with Crippen molar-refractivity contribution in [2.75, 3.05) is 52.5 Å². The van der Waals surface area contributed by atoms with Gasteiger partial charge in [-0.25, -0.2) is 8.42 Å². The highest BCUT2D eigenvalue weighted by molar-refractivity contribution is 7.89. The van der Waals surface area contributed by atoms with Crippen molar-refractivity contribution in [1.29, 1.82) is 0 Å². The number of carbonyl (C=O) groups excluding carboxylic acids is 1. The summed E-state index contributed by atoms with van der Waals surface area (Å²) in [5.74, 6) is -0.287. The number of nitrogens with zero attached hydrogens (tertiary/aromatic N) is 2. The third-order valence-electron chi connectivity index (χ3n) is 4.75. The molecule has 144 valence electrons. The number of rotatable bonds is 6. The van der Waals surface area contributed by atoms with Gasteiger partial charge in [0.1, 0.15) is 0 Å². The molecule has 0 aliphatic carbocycles. The molecule has 0 radical (unpaired) electrons. The van der Waals surface area contributed by atoms with Crippen LogP contribution in [0.4, 0.5) is 0 Å². The predicted molar refractivity (Wildman–Crippen MR) is 95.4 cm³/mol. The van der Waals surface area contributed by atoms with Crippen LogP contribution in [0.3, 0.4) is 0 Å². The van der Waals surface area contributed by atoms with E-state index >= 15 is 0 Å². The molecule has 0 bridgehead atoms. The Morgan fingerprint density at radius 3 is 2.69 bits per heavy atom. The fraction of sp³-hybridized carbons (Fsp3) is 0.588. The molecule has 2 heterocycles. The fourth-order valence-electron chi connectivity index (χ4n) is 3.20. The van der Waals surface area contributed by atoms with Crippen LogP contribution in [0, 0.1) is 0 Å². The van der Waals surface area contributed by atoms with E-state index in [2.05, 4.69) is 5.32 Å². The number of hydrogen-bond donors (Lipinski definition) is 2. The summed E-state index contributed by atoms with van der Waals surface area (Å²) in [5.41, 5.74) is 0.330. The Balaban J connectivity index is 1.69. The van der Waals surface area contributed by atoms with Gasteiger partial charge in [-0.2, -0.15) is 4.31 Å². The van der Waals surface area contributed by atoms with Gasteiger partial charge in [0.15, 0.2) is 0 Å². The summed E-state index contributed by atoms with van der Waals surface area (Å²) < 4.78 is 32.4. The summed E-state index contributed by atoms with van der Waals surface area (Å²) in [6, 6.07) is 6.13. The third kappa shape index (κ3) is 4.41. The second-order valence-corrected chi connectivity index (χ2v) is 8.47. The highest BCUT2D eigenvalue weighted by atomic mass is 32.2. The number of amides is 1. The number of β-amino-alcohol motifs (C(OH)–C–C–N with tert-alkyl or cyclic N) is 1. The van der Waals surface area contributed by atoms with E-state index in [4.69, 9.17) is 9.84 Å². The van der Waals surface area contributed by atoms with Crippen LogP contribution < -0.4 is 5.32 Å². The SMILES string of the molecule is O=C(N[C@H]1CCOC1)c1cccc(S(=O)(=O)N2CCN(CCO)CC2)c1. The Morgan fingerprint density at radius 1 is 1.27 bits per heavy atom. The van der Waals surface area contributed by atoms with E-state index in [1.54, 1.807) is 12.1 Å². The van der Waals surface area contributed by atoms with Crippen molar-refractivity contribution in [3.05, 3.63) is 29.8 Å². The Bertz CT molecular complexity index is 726. The maximum atomic E-state index is 12.9. The summed E-state index contributed by atoms with van der Waals surface area (Å²) in [6.45, 7) is 3.65. The lowest BCUT2D eigenvalue weighted by Gasteiger charge is -2.33. The van der Waals surface area contributed by atoms with Gasteiger partial charge in [-0.3, -0.25) is 9.69 Å². The molecule has 2 N–H and O–H groups in total. The van der Waals surface area contributed by atoms with Crippen molar-refractivity contribution in [3.8, 4) is 0 Å². The van der Waals surface area contributed by atoms with E-state index in [0.29, 0.717) is 51.5 Å². The molecular formula is C17H25N3O5S. The minimum Gasteiger partial charge on any atom is -0.395 e. The van der Waals surface area contributed by atoms with Crippen LogP contribution in [-0.2, 0) is 14.8 Å². The van der Waals surface area contributed by atoms with Gasteiger partial charge in [-0.15, -0.1) is 0 Å². The molecule has 3 rings (SSSR count). The van der Waals surface area contributed by atoms with Crippen molar-refractivity contribution in [2.24, 2.45) is 0 Å². The van der Waals surface area contributed by atoms with Crippen LogP contribution in [0.25, 0.3) is 0 Å². The van der Waals surface area contributed by atoms with Gasteiger partial charge >= 0.3 is 0 Å². The van der Waals surface area contributed by atoms with Gasteiger partial charge in [-0.05, 0) is 24.6 Å². The molecular weight excluding hydrogens is 358 g/mol. The molecule has 2 fully saturated rings. The van der Waals surface area contributed by atoms with Crippen LogP contribution in [0.15, 0.2) is 29.2 Å². The van der Waals surface area contributed by atoms with E-state index < -0.39 is 10.0 Å². The lowest BCUT2D eigenvalue weighted by molar-refractivity contribution is 0.0929. The van der Waals surface area contributed by atoms with Crippen molar-refractivity contribution < 1.29 is 23.1 Å². The molecule has 2 aliphatic heterocycles. The van der Waals surface area contributed by atoms with E-state index in [1.807, 2.05) is 4.90 Å². The molecule has 0 saturated carbocycles. The number of sulfonamides is 1. The Labute approximate surface area is 153 Å². The zero-order valence-corrected chi connectivity index (χ0v) is 15.5. The molecule has 0 spiro atoms. The molecule has 2 aliphatic rings. The number of benzene rings is 1. The zero-order chi connectivity index (χ0) is 18.6. The van der Waals surface area contributed by atoms with Gasteiger partial charge in [-0.1, -0.05) is 6.07 Å². The monoisotopic (exact) mass is 383 g/mol. The van der Waals surface area contributed by atoms with Crippen molar-refractivity contribution in [2.45, 2.75) is 17.4 Å². The number of ether oxygens (including phenoxy) is 1. The number of hydrogen-bond acceptors (Lipinski definition) is 6. The molecule has 8 nitrogen and oxygen atoms in total. The maximum Gasteiger partial charge on any atom is 0.251 e. The Morgan fingerprint density at radius 2 is 2.04 bits per heavy atom. The molecule has 26 heavy (non-hydrogen) atoms. The first-order valence-corrected chi connectivity index (χ1v) is 10.3. The van der Waals surface area contributed by atoms with Gasteiger partial charge in [0.05, 0.1) is 24.2 Å². The van der Waals surface area contributed by atoms with Gasteiger partial charge < -0.3 is 15.2 Å². The van der Waals surface area contributed by atoms with E-state index in [1.165, 1.54) is 16.4 Å². The van der Waals surface area contributed by atoms with Crippen LogP contribution in [-0.4, -0.2) is 87.2 Å². The lowest BCUT2D eigenvalue weighted by atomic mass is 10.2. The van der Waals surface area contributed by atoms with Crippen LogP contribution in [0.1, 0.15) is 16.8 Å². The summed E-state index contributed by atoms with van der Waals surface area (Å²) in [7, 11) is -3.64. The minimum atomic E-state index is -3.64. The largest absolute Gasteiger partial charge is 0.395 e. The first-order chi connectivity index (χ1) is 12.5. The summed E-state index contributed by atoms with van der Waals surface area (Å²) in [4.78, 5) is 14.5.